The zero-order valence-corrected chi connectivity index (χ0v) is 11.0. The summed E-state index contributed by atoms with van der Waals surface area (Å²) in [6, 6.07) is 13.5. The fourth-order valence-electron chi connectivity index (χ4n) is 2.05. The molecule has 19 heavy (non-hydrogen) atoms. The van der Waals surface area contributed by atoms with Crippen molar-refractivity contribution in [3.8, 4) is 11.8 Å². The van der Waals surface area contributed by atoms with Crippen LogP contribution in [0.15, 0.2) is 36.4 Å². The summed E-state index contributed by atoms with van der Waals surface area (Å²) in [4.78, 5) is 11.3. The lowest BCUT2D eigenvalue weighted by Crippen LogP contribution is -2.10. The fraction of sp³-hybridized carbons (Fsp3) is 0.200. The van der Waals surface area contributed by atoms with Gasteiger partial charge in [0.15, 0.2) is 0 Å². The quantitative estimate of drug-likeness (QED) is 0.914. The van der Waals surface area contributed by atoms with Crippen LogP contribution in [-0.4, -0.2) is 10.5 Å². The summed E-state index contributed by atoms with van der Waals surface area (Å²) >= 11 is 0. The molecule has 0 aliphatic carbocycles. The van der Waals surface area contributed by atoms with Gasteiger partial charge in [-0.1, -0.05) is 0 Å². The first kappa shape index (κ1) is 12.9. The number of nitrogens with one attached hydrogen (secondary N) is 1. The first-order valence-corrected chi connectivity index (χ1v) is 6.04. The van der Waals surface area contributed by atoms with Gasteiger partial charge in [-0.3, -0.25) is 4.79 Å². The van der Waals surface area contributed by atoms with Crippen LogP contribution in [0.3, 0.4) is 0 Å². The number of hydrogen-bond donors (Lipinski definition) is 1. The van der Waals surface area contributed by atoms with Gasteiger partial charge < -0.3 is 9.88 Å². The third-order valence-corrected chi connectivity index (χ3v) is 2.92. The van der Waals surface area contributed by atoms with E-state index in [0.29, 0.717) is 5.69 Å². The van der Waals surface area contributed by atoms with E-state index in [-0.39, 0.29) is 12.3 Å². The molecule has 1 aromatic heterocycles. The standard InChI is InChI=1S/C15H15N3O/c1-11-3-4-12(2)18(11)14-7-5-13(6-8-14)17-15(19)9-10-16/h3-8H,9H2,1-2H3,(H,17,19). The largest absolute Gasteiger partial charge is 0.325 e. The Bertz CT molecular complexity index is 613. The van der Waals surface area contributed by atoms with Crippen molar-refractivity contribution in [2.75, 3.05) is 5.32 Å². The molecular formula is C15H15N3O. The number of amides is 1. The second-order valence-corrected chi connectivity index (χ2v) is 4.38. The van der Waals surface area contributed by atoms with Gasteiger partial charge in [-0.05, 0) is 50.2 Å². The molecule has 0 radical (unpaired) electrons. The highest BCUT2D eigenvalue weighted by molar-refractivity contribution is 5.92. The number of carbonyl (C=O) groups excluding carboxylic acids is 1. The van der Waals surface area contributed by atoms with Gasteiger partial charge in [0.2, 0.25) is 5.91 Å². The molecule has 0 aliphatic heterocycles. The normalized spacial score (nSPS) is 9.95. The van der Waals surface area contributed by atoms with Gasteiger partial charge in [0.25, 0.3) is 0 Å². The van der Waals surface area contributed by atoms with Gasteiger partial charge in [-0.15, -0.1) is 0 Å². The Labute approximate surface area is 112 Å². The van der Waals surface area contributed by atoms with Crippen molar-refractivity contribution in [1.82, 2.24) is 4.57 Å². The fourth-order valence-corrected chi connectivity index (χ4v) is 2.05. The highest BCUT2D eigenvalue weighted by Gasteiger charge is 2.05. The first-order valence-electron chi connectivity index (χ1n) is 6.04. The summed E-state index contributed by atoms with van der Waals surface area (Å²) in [5.74, 6) is -0.288. The third-order valence-electron chi connectivity index (χ3n) is 2.92. The number of nitrogens with zero attached hydrogens (tertiary/aromatic N) is 2. The van der Waals surface area contributed by atoms with Crippen LogP contribution in [0.2, 0.25) is 0 Å². The van der Waals surface area contributed by atoms with E-state index in [9.17, 15) is 4.79 Å². The van der Waals surface area contributed by atoms with Crippen LogP contribution in [0.1, 0.15) is 17.8 Å². The summed E-state index contributed by atoms with van der Waals surface area (Å²) in [6.07, 6.45) is -0.127. The second-order valence-electron chi connectivity index (χ2n) is 4.38. The molecule has 1 amide bonds. The molecule has 0 spiro atoms. The van der Waals surface area contributed by atoms with Crippen molar-refractivity contribution in [3.05, 3.63) is 47.8 Å². The third kappa shape index (κ3) is 2.83. The molecule has 0 unspecified atom stereocenters. The highest BCUT2D eigenvalue weighted by atomic mass is 16.1. The van der Waals surface area contributed by atoms with Gasteiger partial charge in [-0.2, -0.15) is 5.26 Å². The predicted octanol–water partition coefficient (Wildman–Crippen LogP) is 2.95. The van der Waals surface area contributed by atoms with Crippen LogP contribution >= 0.6 is 0 Å². The number of anilines is 1. The minimum atomic E-state index is -0.288. The van der Waals surface area contributed by atoms with Gasteiger partial charge in [0.1, 0.15) is 6.42 Å². The molecule has 4 heteroatoms. The van der Waals surface area contributed by atoms with Crippen LogP contribution in [0.5, 0.6) is 0 Å². The number of benzene rings is 1. The first-order chi connectivity index (χ1) is 9.11. The van der Waals surface area contributed by atoms with Crippen LogP contribution < -0.4 is 5.32 Å². The topological polar surface area (TPSA) is 57.8 Å². The molecule has 1 N–H and O–H groups in total. The summed E-state index contributed by atoms with van der Waals surface area (Å²) < 4.78 is 2.14. The van der Waals surface area contributed by atoms with Crippen molar-refractivity contribution in [1.29, 1.82) is 5.26 Å². The molecule has 0 saturated heterocycles. The zero-order chi connectivity index (χ0) is 13.8. The number of nitriles is 1. The maximum atomic E-state index is 11.3. The lowest BCUT2D eigenvalue weighted by molar-refractivity contribution is -0.115. The van der Waals surface area contributed by atoms with Gasteiger partial charge in [-0.25, -0.2) is 0 Å². The van der Waals surface area contributed by atoms with Gasteiger partial charge in [0.05, 0.1) is 6.07 Å². The van der Waals surface area contributed by atoms with Gasteiger partial charge >= 0.3 is 0 Å². The van der Waals surface area contributed by atoms with E-state index in [4.69, 9.17) is 5.26 Å². The van der Waals surface area contributed by atoms with Crippen molar-refractivity contribution in [3.63, 3.8) is 0 Å². The number of carbonyl (C=O) groups is 1. The Balaban J connectivity index is 2.20. The maximum absolute atomic E-state index is 11.3. The summed E-state index contributed by atoms with van der Waals surface area (Å²) in [5.41, 5.74) is 4.09. The maximum Gasteiger partial charge on any atom is 0.238 e. The Hall–Kier alpha value is -2.54. The monoisotopic (exact) mass is 253 g/mol. The number of hydrogen-bond acceptors (Lipinski definition) is 2. The van der Waals surface area contributed by atoms with E-state index in [1.807, 2.05) is 30.3 Å². The average molecular weight is 253 g/mol. The Morgan fingerprint density at radius 3 is 2.26 bits per heavy atom. The van der Waals surface area contributed by atoms with Crippen LogP contribution in [0.25, 0.3) is 5.69 Å². The Kier molecular flexibility index (Phi) is 3.67. The predicted molar refractivity (Wildman–Crippen MR) is 74.1 cm³/mol. The number of aromatic nitrogens is 1. The van der Waals surface area contributed by atoms with Crippen LogP contribution in [0, 0.1) is 25.2 Å². The van der Waals surface area contributed by atoms with Crippen molar-refractivity contribution in [2.24, 2.45) is 0 Å². The molecule has 96 valence electrons. The van der Waals surface area contributed by atoms with Crippen LogP contribution in [0.4, 0.5) is 5.69 Å². The van der Waals surface area contributed by atoms with E-state index < -0.39 is 0 Å². The molecule has 0 atom stereocenters. The lowest BCUT2D eigenvalue weighted by atomic mass is 10.2. The van der Waals surface area contributed by atoms with E-state index in [1.54, 1.807) is 0 Å². The minimum absolute atomic E-state index is 0.127. The van der Waals surface area contributed by atoms with E-state index in [1.165, 1.54) is 11.4 Å². The van der Waals surface area contributed by atoms with Crippen molar-refractivity contribution >= 4 is 11.6 Å². The van der Waals surface area contributed by atoms with E-state index >= 15 is 0 Å². The minimum Gasteiger partial charge on any atom is -0.325 e. The Morgan fingerprint density at radius 2 is 1.74 bits per heavy atom. The molecule has 0 aliphatic rings. The lowest BCUT2D eigenvalue weighted by Gasteiger charge is -2.10. The molecule has 4 nitrogen and oxygen atoms in total. The molecule has 2 aromatic rings. The molecule has 1 aromatic carbocycles. The van der Waals surface area contributed by atoms with Crippen molar-refractivity contribution in [2.45, 2.75) is 20.3 Å². The van der Waals surface area contributed by atoms with Crippen molar-refractivity contribution < 1.29 is 4.79 Å². The Morgan fingerprint density at radius 1 is 1.16 bits per heavy atom. The smallest absolute Gasteiger partial charge is 0.238 e. The number of rotatable bonds is 3. The van der Waals surface area contributed by atoms with E-state index in [0.717, 1.165) is 5.69 Å². The zero-order valence-electron chi connectivity index (χ0n) is 11.0. The number of aryl methyl sites for hydroxylation is 2. The second kappa shape index (κ2) is 5.40. The summed E-state index contributed by atoms with van der Waals surface area (Å²) in [7, 11) is 0. The van der Waals surface area contributed by atoms with E-state index in [2.05, 4.69) is 35.9 Å². The summed E-state index contributed by atoms with van der Waals surface area (Å²) in [6.45, 7) is 4.10. The van der Waals surface area contributed by atoms with Gasteiger partial charge in [0, 0.05) is 22.8 Å². The van der Waals surface area contributed by atoms with Crippen LogP contribution in [-0.2, 0) is 4.79 Å². The highest BCUT2D eigenvalue weighted by Crippen LogP contribution is 2.18. The molecule has 1 heterocycles. The molecule has 2 rings (SSSR count). The SMILES string of the molecule is Cc1ccc(C)n1-c1ccc(NC(=O)CC#N)cc1. The molecular weight excluding hydrogens is 238 g/mol. The molecule has 0 fully saturated rings. The summed E-state index contributed by atoms with van der Waals surface area (Å²) in [5, 5.41) is 11.1. The molecule has 0 saturated carbocycles. The molecule has 0 bridgehead atoms. The average Bonchev–Trinajstić information content (AvgIpc) is 2.71.